The van der Waals surface area contributed by atoms with E-state index in [-0.39, 0.29) is 18.7 Å². The summed E-state index contributed by atoms with van der Waals surface area (Å²) in [5.41, 5.74) is 6.45. The van der Waals surface area contributed by atoms with Gasteiger partial charge < -0.3 is 34.7 Å². The van der Waals surface area contributed by atoms with E-state index in [0.717, 1.165) is 11.1 Å². The second kappa shape index (κ2) is 12.1. The first kappa shape index (κ1) is 31.5. The third kappa shape index (κ3) is 6.63. The van der Waals surface area contributed by atoms with Crippen LogP contribution in [-0.2, 0) is 35.0 Å². The quantitative estimate of drug-likeness (QED) is 0.276. The van der Waals surface area contributed by atoms with Gasteiger partial charge in [0, 0.05) is 37.9 Å². The van der Waals surface area contributed by atoms with Gasteiger partial charge >= 0.3 is 12.1 Å². The van der Waals surface area contributed by atoms with E-state index in [1.165, 1.54) is 12.0 Å². The smallest absolute Gasteiger partial charge is 0.409 e. The van der Waals surface area contributed by atoms with E-state index in [2.05, 4.69) is 5.32 Å². The molecule has 3 heterocycles. The van der Waals surface area contributed by atoms with Gasteiger partial charge in [-0.15, -0.1) is 0 Å². The summed E-state index contributed by atoms with van der Waals surface area (Å²) in [5, 5.41) is 14.1. The zero-order valence-corrected chi connectivity index (χ0v) is 25.4. The number of hydrogen-bond acceptors (Lipinski definition) is 9. The maximum atomic E-state index is 13.6. The molecule has 4 rings (SSSR count). The van der Waals surface area contributed by atoms with Gasteiger partial charge in [-0.3, -0.25) is 14.9 Å². The number of carbonyl (C=O) groups excluding carboxylic acids is 3. The predicted molar refractivity (Wildman–Crippen MR) is 156 cm³/mol. The number of amides is 2. The summed E-state index contributed by atoms with van der Waals surface area (Å²) >= 11 is 0. The molecule has 42 heavy (non-hydrogen) atoms. The fourth-order valence-corrected chi connectivity index (χ4v) is 5.75. The van der Waals surface area contributed by atoms with Crippen molar-refractivity contribution in [3.8, 4) is 0 Å². The lowest BCUT2D eigenvalue weighted by molar-refractivity contribution is -0.157. The highest BCUT2D eigenvalue weighted by molar-refractivity contribution is 5.94. The number of hydrogen-bond donors (Lipinski definition) is 3. The molecule has 1 aromatic carbocycles. The predicted octanol–water partition coefficient (Wildman–Crippen LogP) is 3.24. The molecule has 7 atom stereocenters. The van der Waals surface area contributed by atoms with Crippen LogP contribution in [0, 0.1) is 11.8 Å². The minimum absolute atomic E-state index is 0.0185. The molecule has 0 saturated carbocycles. The molecule has 0 spiro atoms. The molecule has 2 saturated heterocycles. The molecule has 11 heteroatoms. The lowest BCUT2D eigenvalue weighted by Gasteiger charge is -2.42. The number of nitrogens with zero attached hydrogens (tertiary/aromatic N) is 1. The second-order valence-electron chi connectivity index (χ2n) is 12.2. The number of carbonyl (C=O) groups is 3. The van der Waals surface area contributed by atoms with Crippen molar-refractivity contribution in [2.45, 2.75) is 89.6 Å². The van der Waals surface area contributed by atoms with Gasteiger partial charge in [0.15, 0.2) is 5.72 Å². The van der Waals surface area contributed by atoms with Crippen molar-refractivity contribution in [1.82, 2.24) is 5.32 Å². The van der Waals surface area contributed by atoms with Crippen LogP contribution in [0.15, 0.2) is 42.0 Å². The first-order valence-corrected chi connectivity index (χ1v) is 14.3. The van der Waals surface area contributed by atoms with E-state index >= 15 is 0 Å². The molecule has 3 aliphatic rings. The van der Waals surface area contributed by atoms with Gasteiger partial charge in [0.2, 0.25) is 5.91 Å². The molecule has 230 valence electrons. The number of alkyl carbamates (subject to hydrolysis) is 1. The molecule has 3 aliphatic heterocycles. The number of nitrogens with one attached hydrogen (secondary N) is 1. The number of nitrogens with two attached hydrogens (primary N) is 1. The van der Waals surface area contributed by atoms with Crippen LogP contribution in [0.5, 0.6) is 0 Å². The van der Waals surface area contributed by atoms with Crippen LogP contribution in [0.3, 0.4) is 0 Å². The molecule has 4 N–H and O–H groups in total. The molecule has 11 nitrogen and oxygen atoms in total. The summed E-state index contributed by atoms with van der Waals surface area (Å²) in [6.45, 7) is 9.02. The van der Waals surface area contributed by atoms with Gasteiger partial charge in [-0.2, -0.15) is 0 Å². The van der Waals surface area contributed by atoms with Crippen molar-refractivity contribution in [3.63, 3.8) is 0 Å². The minimum Gasteiger partial charge on any atom is -0.458 e. The normalized spacial score (nSPS) is 35.8. The number of ether oxygens (including phenoxy) is 4. The lowest BCUT2D eigenvalue weighted by atomic mass is 9.83. The monoisotopic (exact) mass is 585 g/mol. The first-order chi connectivity index (χ1) is 19.7. The van der Waals surface area contributed by atoms with Crippen molar-refractivity contribution in [2.75, 3.05) is 24.8 Å². The molecular weight excluding hydrogens is 542 g/mol. The Morgan fingerprint density at radius 2 is 1.98 bits per heavy atom. The van der Waals surface area contributed by atoms with Crippen LogP contribution >= 0.6 is 0 Å². The minimum atomic E-state index is -1.75. The highest BCUT2D eigenvalue weighted by Crippen LogP contribution is 2.49. The Morgan fingerprint density at radius 1 is 1.26 bits per heavy atom. The Bertz CT molecular complexity index is 1280. The van der Waals surface area contributed by atoms with E-state index in [0.29, 0.717) is 17.8 Å². The Kier molecular flexibility index (Phi) is 9.05. The van der Waals surface area contributed by atoms with Gasteiger partial charge in [-0.05, 0) is 44.0 Å². The molecule has 0 aromatic heterocycles. The largest absolute Gasteiger partial charge is 0.458 e. The Morgan fingerprint density at radius 3 is 2.64 bits per heavy atom. The van der Waals surface area contributed by atoms with Crippen molar-refractivity contribution in [3.05, 3.63) is 47.6 Å². The van der Waals surface area contributed by atoms with Crippen LogP contribution < -0.4 is 16.0 Å². The first-order valence-electron chi connectivity index (χ1n) is 14.3. The maximum absolute atomic E-state index is 13.6. The standard InChI is InChI=1S/C31H43N3O8/c1-17(2)28(36)41-25-15-26(35)34(6)22-13-20(12-21(32)14-22)11-18(3)9-8-10-24(39-7)31(38)16-23(40-29(37)33-31)19(4)27-30(25,5)42-27/h8-10,12-14,17,19,23-25,27,38H,11,15-16,32H2,1-7H3,(H,33,37)/b10-8+,18-9+/t19-,23+,24-,25+,27+,30+,31+/m1/s1. The number of fused-ring (bicyclic) bond motifs is 5. The third-order valence-corrected chi connectivity index (χ3v) is 8.41. The summed E-state index contributed by atoms with van der Waals surface area (Å²) in [6.07, 6.45) is 1.94. The van der Waals surface area contributed by atoms with Crippen LogP contribution in [0.4, 0.5) is 16.2 Å². The lowest BCUT2D eigenvalue weighted by Crippen LogP contribution is -2.63. The van der Waals surface area contributed by atoms with E-state index in [4.69, 9.17) is 24.7 Å². The summed E-state index contributed by atoms with van der Waals surface area (Å²) in [4.78, 5) is 40.5. The number of nitrogen functional groups attached to an aromatic ring is 1. The van der Waals surface area contributed by atoms with Gasteiger partial charge in [0.1, 0.15) is 23.9 Å². The fourth-order valence-electron chi connectivity index (χ4n) is 5.75. The van der Waals surface area contributed by atoms with Crippen LogP contribution in [-0.4, -0.2) is 73.0 Å². The molecule has 1 aromatic rings. The number of esters is 1. The number of epoxide rings is 1. The van der Waals surface area contributed by atoms with Crippen LogP contribution in [0.1, 0.15) is 53.0 Å². The highest BCUT2D eigenvalue weighted by Gasteiger charge is 2.64. The molecule has 0 unspecified atom stereocenters. The SMILES string of the molecule is CO[C@@H]1/C=C/C=C(\C)Cc2cc(N)cc(c2)N(C)C(=O)C[C@H](OC(=O)C(C)C)[C@]2(C)O[C@H]2[C@H](C)[C@@H]2C[C@@]1(O)NC(=O)O2. The Balaban J connectivity index is 1.76. The zero-order valence-electron chi connectivity index (χ0n) is 25.4. The summed E-state index contributed by atoms with van der Waals surface area (Å²) in [5.74, 6) is -1.57. The number of methoxy groups -OCH3 is 1. The maximum Gasteiger partial charge on any atom is 0.409 e. The average molecular weight is 586 g/mol. The molecule has 2 fully saturated rings. The fraction of sp³-hybridized carbons (Fsp3) is 0.581. The van der Waals surface area contributed by atoms with Crippen molar-refractivity contribution in [1.29, 1.82) is 0 Å². The molecule has 0 aliphatic carbocycles. The van der Waals surface area contributed by atoms with Crippen LogP contribution in [0.2, 0.25) is 0 Å². The summed E-state index contributed by atoms with van der Waals surface area (Å²) in [7, 11) is 3.11. The average Bonchev–Trinajstić information content (AvgIpc) is 3.60. The third-order valence-electron chi connectivity index (χ3n) is 8.41. The highest BCUT2D eigenvalue weighted by atomic mass is 16.7. The summed E-state index contributed by atoms with van der Waals surface area (Å²) in [6, 6.07) is 5.47. The van der Waals surface area contributed by atoms with E-state index < -0.39 is 59.6 Å². The number of benzene rings is 1. The molecule has 2 amide bonds. The molecule has 0 radical (unpaired) electrons. The number of aliphatic hydroxyl groups is 1. The van der Waals surface area contributed by atoms with Gasteiger partial charge in [-0.1, -0.05) is 44.6 Å². The zero-order chi connectivity index (χ0) is 31.0. The number of allylic oxidation sites excluding steroid dienone is 3. The van der Waals surface area contributed by atoms with E-state index in [9.17, 15) is 19.5 Å². The van der Waals surface area contributed by atoms with Crippen LogP contribution in [0.25, 0.3) is 0 Å². The Hall–Kier alpha value is -3.41. The van der Waals surface area contributed by atoms with Gasteiger partial charge in [-0.25, -0.2) is 4.79 Å². The van der Waals surface area contributed by atoms with E-state index in [1.807, 2.05) is 32.1 Å². The van der Waals surface area contributed by atoms with E-state index in [1.54, 1.807) is 46.0 Å². The topological polar surface area (TPSA) is 153 Å². The van der Waals surface area contributed by atoms with Crippen molar-refractivity contribution < 1.29 is 38.4 Å². The molecular formula is C31H43N3O8. The van der Waals surface area contributed by atoms with Crippen molar-refractivity contribution in [2.24, 2.45) is 11.8 Å². The van der Waals surface area contributed by atoms with Gasteiger partial charge in [0.05, 0.1) is 18.4 Å². The molecule has 4 bridgehead atoms. The van der Waals surface area contributed by atoms with Gasteiger partial charge in [0.25, 0.3) is 0 Å². The Labute approximate surface area is 247 Å². The van der Waals surface area contributed by atoms with Crippen molar-refractivity contribution >= 4 is 29.3 Å². The second-order valence-corrected chi connectivity index (χ2v) is 12.2. The number of anilines is 2. The number of rotatable bonds is 3. The summed E-state index contributed by atoms with van der Waals surface area (Å²) < 4.78 is 23.2.